The van der Waals surface area contributed by atoms with Crippen LogP contribution in [0.4, 0.5) is 0 Å². The van der Waals surface area contributed by atoms with E-state index in [1.165, 1.54) is 6.42 Å². The summed E-state index contributed by atoms with van der Waals surface area (Å²) in [6.07, 6.45) is 5.05. The van der Waals surface area contributed by atoms with Crippen LogP contribution in [0.3, 0.4) is 0 Å². The maximum Gasteiger partial charge on any atom is 0.0536 e. The number of aromatic nitrogens is 2. The van der Waals surface area contributed by atoms with Crippen molar-refractivity contribution in [3.63, 3.8) is 0 Å². The molecule has 3 nitrogen and oxygen atoms in total. The Balaban J connectivity index is 2.31. The first-order chi connectivity index (χ1) is 7.24. The van der Waals surface area contributed by atoms with E-state index in [-0.39, 0.29) is 0 Å². The Kier molecular flexibility index (Phi) is 5.95. The third-order valence-electron chi connectivity index (χ3n) is 2.48. The highest BCUT2D eigenvalue weighted by Crippen LogP contribution is 2.01. The SMILES string of the molecule is CC(C)N(CCCBr)CCn1cccn1. The second-order valence-corrected chi connectivity index (χ2v) is 4.73. The molecule has 0 saturated carbocycles. The Bertz CT molecular complexity index is 246. The van der Waals surface area contributed by atoms with Gasteiger partial charge < -0.3 is 0 Å². The summed E-state index contributed by atoms with van der Waals surface area (Å²) in [5.41, 5.74) is 0. The minimum atomic E-state index is 0.611. The maximum absolute atomic E-state index is 4.21. The van der Waals surface area contributed by atoms with E-state index in [1.54, 1.807) is 0 Å². The lowest BCUT2D eigenvalue weighted by Gasteiger charge is -2.26. The van der Waals surface area contributed by atoms with Crippen molar-refractivity contribution in [2.75, 3.05) is 18.4 Å². The average Bonchev–Trinajstić information content (AvgIpc) is 2.70. The molecule has 0 saturated heterocycles. The van der Waals surface area contributed by atoms with Crippen molar-refractivity contribution < 1.29 is 0 Å². The van der Waals surface area contributed by atoms with E-state index >= 15 is 0 Å². The molecule has 0 radical (unpaired) electrons. The Hall–Kier alpha value is -0.350. The molecule has 1 aromatic rings. The second kappa shape index (κ2) is 7.01. The van der Waals surface area contributed by atoms with Crippen LogP contribution in [0.1, 0.15) is 20.3 Å². The van der Waals surface area contributed by atoms with Crippen LogP contribution in [0, 0.1) is 0 Å². The van der Waals surface area contributed by atoms with Crippen molar-refractivity contribution in [2.45, 2.75) is 32.9 Å². The van der Waals surface area contributed by atoms with Gasteiger partial charge in [0.2, 0.25) is 0 Å². The van der Waals surface area contributed by atoms with Crippen LogP contribution in [-0.2, 0) is 6.54 Å². The van der Waals surface area contributed by atoms with Gasteiger partial charge >= 0.3 is 0 Å². The van der Waals surface area contributed by atoms with Gasteiger partial charge in [-0.15, -0.1) is 0 Å². The fraction of sp³-hybridized carbons (Fsp3) is 0.727. The minimum absolute atomic E-state index is 0.611. The molecule has 0 spiro atoms. The number of hydrogen-bond donors (Lipinski definition) is 0. The van der Waals surface area contributed by atoms with E-state index in [2.05, 4.69) is 39.8 Å². The van der Waals surface area contributed by atoms with E-state index in [1.807, 2.05) is 23.1 Å². The smallest absolute Gasteiger partial charge is 0.0536 e. The molecule has 0 aliphatic carbocycles. The van der Waals surface area contributed by atoms with E-state index in [4.69, 9.17) is 0 Å². The van der Waals surface area contributed by atoms with Crippen molar-refractivity contribution in [3.05, 3.63) is 18.5 Å². The van der Waals surface area contributed by atoms with Gasteiger partial charge in [0.25, 0.3) is 0 Å². The van der Waals surface area contributed by atoms with Gasteiger partial charge in [0.1, 0.15) is 0 Å². The predicted octanol–water partition coefficient (Wildman–Crippen LogP) is 2.38. The Morgan fingerprint density at radius 3 is 2.73 bits per heavy atom. The topological polar surface area (TPSA) is 21.1 Å². The molecule has 0 amide bonds. The molecule has 0 fully saturated rings. The number of nitrogens with zero attached hydrogens (tertiary/aromatic N) is 3. The normalized spacial score (nSPS) is 11.5. The lowest BCUT2D eigenvalue weighted by atomic mass is 10.3. The molecule has 1 heterocycles. The van der Waals surface area contributed by atoms with Crippen LogP contribution < -0.4 is 0 Å². The van der Waals surface area contributed by atoms with E-state index in [0.29, 0.717) is 6.04 Å². The molecule has 1 aromatic heterocycles. The maximum atomic E-state index is 4.21. The van der Waals surface area contributed by atoms with Gasteiger partial charge in [-0.05, 0) is 32.9 Å². The lowest BCUT2D eigenvalue weighted by molar-refractivity contribution is 0.211. The predicted molar refractivity (Wildman–Crippen MR) is 67.3 cm³/mol. The Morgan fingerprint density at radius 1 is 1.40 bits per heavy atom. The van der Waals surface area contributed by atoms with Crippen molar-refractivity contribution in [1.29, 1.82) is 0 Å². The number of rotatable bonds is 7. The summed E-state index contributed by atoms with van der Waals surface area (Å²) < 4.78 is 1.99. The van der Waals surface area contributed by atoms with Crippen LogP contribution in [0.2, 0.25) is 0 Å². The molecule has 86 valence electrons. The number of alkyl halides is 1. The molecule has 0 aromatic carbocycles. The molecular weight excluding hydrogens is 254 g/mol. The van der Waals surface area contributed by atoms with Gasteiger partial charge in [-0.3, -0.25) is 9.58 Å². The molecule has 0 aliphatic heterocycles. The molecule has 0 N–H and O–H groups in total. The summed E-state index contributed by atoms with van der Waals surface area (Å²) in [4.78, 5) is 2.49. The zero-order chi connectivity index (χ0) is 11.1. The summed E-state index contributed by atoms with van der Waals surface area (Å²) >= 11 is 3.47. The van der Waals surface area contributed by atoms with Gasteiger partial charge in [0.05, 0.1) is 6.54 Å². The highest BCUT2D eigenvalue weighted by Gasteiger charge is 2.08. The standard InChI is InChI=1S/C11H20BrN3/c1-11(2)14(7-3-5-12)9-10-15-8-4-6-13-15/h4,6,8,11H,3,5,7,9-10H2,1-2H3. The van der Waals surface area contributed by atoms with E-state index in [0.717, 1.165) is 25.0 Å². The Labute approximate surface area is 101 Å². The summed E-state index contributed by atoms with van der Waals surface area (Å²) in [7, 11) is 0. The third-order valence-corrected chi connectivity index (χ3v) is 3.05. The van der Waals surface area contributed by atoms with Gasteiger partial charge in [-0.1, -0.05) is 15.9 Å². The first-order valence-electron chi connectivity index (χ1n) is 5.51. The first kappa shape index (κ1) is 12.7. The fourth-order valence-electron chi connectivity index (χ4n) is 1.55. The lowest BCUT2D eigenvalue weighted by Crippen LogP contribution is -2.34. The van der Waals surface area contributed by atoms with E-state index < -0.39 is 0 Å². The molecule has 0 atom stereocenters. The monoisotopic (exact) mass is 273 g/mol. The molecule has 15 heavy (non-hydrogen) atoms. The Morgan fingerprint density at radius 2 is 2.20 bits per heavy atom. The van der Waals surface area contributed by atoms with Crippen LogP contribution in [0.15, 0.2) is 18.5 Å². The van der Waals surface area contributed by atoms with Gasteiger partial charge in [-0.25, -0.2) is 0 Å². The molecular formula is C11H20BrN3. The molecule has 0 unspecified atom stereocenters. The third kappa shape index (κ3) is 4.80. The highest BCUT2D eigenvalue weighted by atomic mass is 79.9. The molecule has 1 rings (SSSR count). The summed E-state index contributed by atoms with van der Waals surface area (Å²) in [5, 5.41) is 5.29. The van der Waals surface area contributed by atoms with Crippen LogP contribution >= 0.6 is 15.9 Å². The van der Waals surface area contributed by atoms with Crippen molar-refractivity contribution in [2.24, 2.45) is 0 Å². The van der Waals surface area contributed by atoms with Crippen molar-refractivity contribution in [3.8, 4) is 0 Å². The number of halogens is 1. The molecule has 0 aliphatic rings. The summed E-state index contributed by atoms with van der Waals surface area (Å²) in [5.74, 6) is 0. The van der Waals surface area contributed by atoms with Crippen LogP contribution in [0.25, 0.3) is 0 Å². The first-order valence-corrected chi connectivity index (χ1v) is 6.63. The molecule has 4 heteroatoms. The number of hydrogen-bond acceptors (Lipinski definition) is 2. The van der Waals surface area contributed by atoms with Crippen LogP contribution in [0.5, 0.6) is 0 Å². The summed E-state index contributed by atoms with van der Waals surface area (Å²) in [6, 6.07) is 2.58. The van der Waals surface area contributed by atoms with E-state index in [9.17, 15) is 0 Å². The minimum Gasteiger partial charge on any atom is -0.299 e. The quantitative estimate of drug-likeness (QED) is 0.712. The zero-order valence-electron chi connectivity index (χ0n) is 9.56. The van der Waals surface area contributed by atoms with Gasteiger partial charge in [-0.2, -0.15) is 5.10 Å². The zero-order valence-corrected chi connectivity index (χ0v) is 11.2. The van der Waals surface area contributed by atoms with Gasteiger partial charge in [0.15, 0.2) is 0 Å². The van der Waals surface area contributed by atoms with Crippen LogP contribution in [-0.4, -0.2) is 39.1 Å². The average molecular weight is 274 g/mol. The second-order valence-electron chi connectivity index (χ2n) is 3.94. The van der Waals surface area contributed by atoms with Crippen molar-refractivity contribution >= 4 is 15.9 Å². The van der Waals surface area contributed by atoms with Crippen molar-refractivity contribution in [1.82, 2.24) is 14.7 Å². The largest absolute Gasteiger partial charge is 0.299 e. The molecule has 0 bridgehead atoms. The van der Waals surface area contributed by atoms with Gasteiger partial charge in [0, 0.05) is 30.3 Å². The highest BCUT2D eigenvalue weighted by molar-refractivity contribution is 9.09. The fourth-order valence-corrected chi connectivity index (χ4v) is 1.81. The summed E-state index contributed by atoms with van der Waals surface area (Å²) in [6.45, 7) is 7.71.